The van der Waals surface area contributed by atoms with Crippen molar-refractivity contribution in [1.82, 2.24) is 44.1 Å². The molecule has 6 heterocycles. The molecule has 336 valence electrons. The number of hydrogen-bond acceptors (Lipinski definition) is 10. The molecule has 0 spiro atoms. The summed E-state index contributed by atoms with van der Waals surface area (Å²) in [4.78, 5) is 35.5. The Morgan fingerprint density at radius 2 is 1.73 bits per heavy atom. The van der Waals surface area contributed by atoms with Crippen molar-refractivity contribution < 1.29 is 48.7 Å². The highest BCUT2D eigenvalue weighted by Gasteiger charge is 2.39. The second kappa shape index (κ2) is 16.8. The van der Waals surface area contributed by atoms with Gasteiger partial charge < -0.3 is 5.32 Å². The van der Waals surface area contributed by atoms with Gasteiger partial charge in [-0.1, -0.05) is 18.2 Å². The van der Waals surface area contributed by atoms with Crippen LogP contribution in [0.4, 0.5) is 47.3 Å². The van der Waals surface area contributed by atoms with E-state index in [9.17, 15) is 44.3 Å². The van der Waals surface area contributed by atoms with Crippen molar-refractivity contribution in [3.8, 4) is 11.3 Å². The zero-order valence-electron chi connectivity index (χ0n) is 33.9. The molecule has 3 fully saturated rings. The number of carbonyl (C=O) groups excluding carboxylic acids is 2. The molecule has 2 N–H and O–H groups in total. The van der Waals surface area contributed by atoms with E-state index >= 15 is 4.39 Å². The van der Waals surface area contributed by atoms with Crippen LogP contribution in [0.3, 0.4) is 0 Å². The number of halogens is 7. The van der Waals surface area contributed by atoms with Crippen molar-refractivity contribution in [2.75, 3.05) is 42.9 Å². The molecular weight excluding hydrogens is 864 g/mol. The molecule has 1 unspecified atom stereocenters. The van der Waals surface area contributed by atoms with E-state index < -0.39 is 70.9 Å². The third kappa shape index (κ3) is 9.21. The number of hydrogen-bond donors (Lipinski definition) is 2. The van der Waals surface area contributed by atoms with Crippen molar-refractivity contribution in [3.05, 3.63) is 77.7 Å². The van der Waals surface area contributed by atoms with Gasteiger partial charge in [-0.15, -0.1) is 0 Å². The first-order chi connectivity index (χ1) is 29.7. The molecule has 3 amide bonds. The van der Waals surface area contributed by atoms with E-state index in [-0.39, 0.29) is 54.3 Å². The highest BCUT2D eigenvalue weighted by molar-refractivity contribution is 7.89. The minimum atomic E-state index is -4.97. The lowest BCUT2D eigenvalue weighted by Crippen LogP contribution is -2.50. The van der Waals surface area contributed by atoms with E-state index in [0.29, 0.717) is 16.7 Å². The van der Waals surface area contributed by atoms with Crippen LogP contribution in [-0.4, -0.2) is 110 Å². The normalized spacial score (nSPS) is 20.6. The molecule has 8 rings (SSSR count). The van der Waals surface area contributed by atoms with Crippen molar-refractivity contribution in [3.63, 3.8) is 0 Å². The summed E-state index contributed by atoms with van der Waals surface area (Å²) in [6, 6.07) is 10.9. The second-order valence-corrected chi connectivity index (χ2v) is 17.9. The van der Waals surface area contributed by atoms with Gasteiger partial charge in [0.25, 0.3) is 0 Å². The standard InChI is InChI=1S/C40H42F7N11O4S/c1-23(55-12-8-24(9-13-55)26-6-7-29-33(17-26)54(2)53-36(29)58-15-11-34(59)51-38(58)60)25-4-3-5-28(16-25)63(61,62)57-14-10-32(31(41)21-57)50-37-48-19-30(40(45,46)47)35(52-37)27-18-49-56(20-27)22-39(42,43)44/h3-7,16-20,23-24,31-32H,8-15,21-22H2,1-2H3,(H,48,50,52)(H,51,59,60)/t23?,31-,32+/m1/s1. The first-order valence-corrected chi connectivity index (χ1v) is 21.6. The molecule has 3 aromatic heterocycles. The Morgan fingerprint density at radius 3 is 2.43 bits per heavy atom. The molecule has 0 radical (unpaired) electrons. The number of fused-ring (bicyclic) bond motifs is 1. The van der Waals surface area contributed by atoms with E-state index in [2.05, 4.69) is 41.8 Å². The fourth-order valence-electron chi connectivity index (χ4n) is 8.45. The first-order valence-electron chi connectivity index (χ1n) is 20.1. The number of imide groups is 1. The Kier molecular flexibility index (Phi) is 11.7. The van der Waals surface area contributed by atoms with Gasteiger partial charge in [0.05, 0.1) is 28.3 Å². The maximum atomic E-state index is 15.7. The van der Waals surface area contributed by atoms with Crippen molar-refractivity contribution in [1.29, 1.82) is 0 Å². The molecule has 0 bridgehead atoms. The third-order valence-corrected chi connectivity index (χ3v) is 13.7. The van der Waals surface area contributed by atoms with Crippen LogP contribution >= 0.6 is 0 Å². The summed E-state index contributed by atoms with van der Waals surface area (Å²) in [5.41, 5.74) is 0.300. The van der Waals surface area contributed by atoms with Crippen LogP contribution in [0, 0.1) is 0 Å². The number of anilines is 2. The molecule has 0 saturated carbocycles. The quantitative estimate of drug-likeness (QED) is 0.150. The van der Waals surface area contributed by atoms with E-state index in [1.165, 1.54) is 11.0 Å². The van der Waals surface area contributed by atoms with Crippen LogP contribution in [-0.2, 0) is 34.6 Å². The molecule has 2 aromatic carbocycles. The lowest BCUT2D eigenvalue weighted by Gasteiger charge is -2.37. The monoisotopic (exact) mass is 905 g/mol. The maximum absolute atomic E-state index is 15.7. The smallest absolute Gasteiger partial charge is 0.348 e. The van der Waals surface area contributed by atoms with E-state index in [1.807, 2.05) is 32.2 Å². The Hall–Kier alpha value is -5.68. The Morgan fingerprint density at radius 1 is 0.968 bits per heavy atom. The summed E-state index contributed by atoms with van der Waals surface area (Å²) in [6.07, 6.45) is -7.70. The number of likely N-dealkylation sites (tertiary alicyclic amines) is 1. The molecular formula is C40H42F7N11O4S. The topological polar surface area (TPSA) is 163 Å². The molecule has 15 nitrogen and oxygen atoms in total. The van der Waals surface area contributed by atoms with Crippen molar-refractivity contribution in [2.24, 2.45) is 7.05 Å². The first kappa shape index (κ1) is 43.9. The number of rotatable bonds is 10. The molecule has 3 saturated heterocycles. The highest BCUT2D eigenvalue weighted by atomic mass is 32.2. The van der Waals surface area contributed by atoms with Gasteiger partial charge in [0.2, 0.25) is 21.9 Å². The number of piperidine rings is 2. The maximum Gasteiger partial charge on any atom is 0.419 e. The van der Waals surface area contributed by atoms with Crippen molar-refractivity contribution >= 4 is 44.6 Å². The van der Waals surface area contributed by atoms with E-state index in [1.54, 1.807) is 16.8 Å². The Balaban J connectivity index is 0.894. The van der Waals surface area contributed by atoms with Gasteiger partial charge >= 0.3 is 18.4 Å². The predicted molar refractivity (Wildman–Crippen MR) is 215 cm³/mol. The molecule has 3 aliphatic heterocycles. The number of benzene rings is 2. The Labute approximate surface area is 356 Å². The SMILES string of the molecule is CC(c1cccc(S(=O)(=O)N2CC[C@H](Nc3ncc(C(F)(F)F)c(-c4cnn(CC(F)(F)F)c4)n3)[C@H](F)C2)c1)N1CCC(c2ccc3c(N4CCC(=O)NC4=O)nn(C)c3c2)CC1. The molecule has 0 aliphatic carbocycles. The van der Waals surface area contributed by atoms with E-state index in [4.69, 9.17) is 0 Å². The summed E-state index contributed by atoms with van der Waals surface area (Å²) >= 11 is 0. The fourth-order valence-corrected chi connectivity index (χ4v) is 9.97. The molecule has 63 heavy (non-hydrogen) atoms. The predicted octanol–water partition coefficient (Wildman–Crippen LogP) is 6.41. The number of amides is 3. The molecule has 5 aromatic rings. The number of aryl methyl sites for hydroxylation is 1. The average molecular weight is 906 g/mol. The molecule has 3 atom stereocenters. The average Bonchev–Trinajstić information content (AvgIpc) is 3.83. The van der Waals surface area contributed by atoms with Crippen LogP contribution in [0.2, 0.25) is 0 Å². The van der Waals surface area contributed by atoms with Gasteiger partial charge in [-0.3, -0.25) is 29.3 Å². The molecule has 23 heteroatoms. The summed E-state index contributed by atoms with van der Waals surface area (Å²) in [7, 11) is -2.37. The van der Waals surface area contributed by atoms with Gasteiger partial charge in [0.15, 0.2) is 5.82 Å². The van der Waals surface area contributed by atoms with Gasteiger partial charge in [-0.05, 0) is 80.6 Å². The van der Waals surface area contributed by atoms with Crippen LogP contribution in [0.5, 0.6) is 0 Å². The zero-order valence-corrected chi connectivity index (χ0v) is 34.7. The van der Waals surface area contributed by atoms with Gasteiger partial charge in [0, 0.05) is 62.5 Å². The van der Waals surface area contributed by atoms with Crippen LogP contribution in [0.1, 0.15) is 61.3 Å². The zero-order chi connectivity index (χ0) is 45.0. The fraction of sp³-hybridized carbons (Fsp3) is 0.450. The van der Waals surface area contributed by atoms with Crippen LogP contribution in [0.15, 0.2) is 66.0 Å². The lowest BCUT2D eigenvalue weighted by atomic mass is 9.88. The van der Waals surface area contributed by atoms with Crippen molar-refractivity contribution in [2.45, 2.75) is 80.6 Å². The summed E-state index contributed by atoms with van der Waals surface area (Å²) in [6.45, 7) is 1.47. The lowest BCUT2D eigenvalue weighted by molar-refractivity contribution is -0.142. The largest absolute Gasteiger partial charge is 0.419 e. The summed E-state index contributed by atoms with van der Waals surface area (Å²) in [5, 5.41) is 13.9. The van der Waals surface area contributed by atoms with Crippen LogP contribution < -0.4 is 15.5 Å². The number of sulfonamides is 1. The third-order valence-electron chi connectivity index (χ3n) is 11.9. The second-order valence-electron chi connectivity index (χ2n) is 16.0. The number of aromatic nitrogens is 6. The van der Waals surface area contributed by atoms with Gasteiger partial charge in [0.1, 0.15) is 18.3 Å². The van der Waals surface area contributed by atoms with E-state index in [0.717, 1.165) is 64.7 Å². The molecule has 3 aliphatic rings. The number of nitrogens with zero attached hydrogens (tertiary/aromatic N) is 9. The minimum Gasteiger partial charge on any atom is -0.348 e. The summed E-state index contributed by atoms with van der Waals surface area (Å²) < 4.78 is 127. The van der Waals surface area contributed by atoms with Gasteiger partial charge in [-0.25, -0.2) is 27.6 Å². The summed E-state index contributed by atoms with van der Waals surface area (Å²) in [5.74, 6) is -0.0107. The highest BCUT2D eigenvalue weighted by Crippen LogP contribution is 2.38. The van der Waals surface area contributed by atoms with Crippen LogP contribution in [0.25, 0.3) is 22.2 Å². The Bertz CT molecular complexity index is 2650. The van der Waals surface area contributed by atoms with Gasteiger partial charge in [-0.2, -0.15) is 40.8 Å². The number of alkyl halides is 7. The number of urea groups is 1. The number of nitrogens with one attached hydrogen (secondary N) is 2. The number of carbonyl (C=O) groups is 2. The minimum absolute atomic E-state index is 0.0142.